The van der Waals surface area contributed by atoms with E-state index >= 15 is 0 Å². The van der Waals surface area contributed by atoms with Gasteiger partial charge in [-0.15, -0.1) is 0 Å². The Balaban J connectivity index is 3.12. The Bertz CT molecular complexity index is 464. The van der Waals surface area contributed by atoms with Gasteiger partial charge < -0.3 is 9.64 Å². The third-order valence-corrected chi connectivity index (χ3v) is 2.64. The zero-order valence-electron chi connectivity index (χ0n) is 10.1. The van der Waals surface area contributed by atoms with Crippen molar-refractivity contribution in [3.63, 3.8) is 0 Å². The van der Waals surface area contributed by atoms with Gasteiger partial charge in [0.1, 0.15) is 12.2 Å². The molecule has 1 aromatic carbocycles. The maximum atomic E-state index is 11.2. The minimum atomic E-state index is -0.527. The number of hydrogen-bond acceptors (Lipinski definition) is 5. The summed E-state index contributed by atoms with van der Waals surface area (Å²) in [6, 6.07) is 4.33. The molecule has 0 N–H and O–H groups in total. The van der Waals surface area contributed by atoms with Crippen LogP contribution in [0, 0.1) is 10.1 Å². The van der Waals surface area contributed by atoms with Gasteiger partial charge in [0.05, 0.1) is 12.0 Å². The van der Waals surface area contributed by atoms with Crippen LogP contribution in [0.15, 0.2) is 18.2 Å². The van der Waals surface area contributed by atoms with Gasteiger partial charge >= 0.3 is 5.97 Å². The van der Waals surface area contributed by atoms with Crippen molar-refractivity contribution in [3.05, 3.63) is 33.3 Å². The maximum Gasteiger partial charge on any atom is 0.325 e. The van der Waals surface area contributed by atoms with Crippen molar-refractivity contribution in [1.29, 1.82) is 0 Å². The van der Waals surface area contributed by atoms with E-state index in [1.54, 1.807) is 17.9 Å². The topological polar surface area (TPSA) is 72.7 Å². The number of hydrogen-bond donors (Lipinski definition) is 0. The van der Waals surface area contributed by atoms with E-state index < -0.39 is 10.9 Å². The van der Waals surface area contributed by atoms with E-state index in [4.69, 9.17) is 11.6 Å². The number of halogens is 1. The summed E-state index contributed by atoms with van der Waals surface area (Å²) in [6.45, 7) is 2.19. The van der Waals surface area contributed by atoms with Crippen molar-refractivity contribution in [2.75, 3.05) is 25.1 Å². The molecule has 0 aliphatic rings. The number of carbonyl (C=O) groups excluding carboxylic acids is 1. The number of nitro groups is 1. The highest BCUT2D eigenvalue weighted by Gasteiger charge is 2.20. The number of rotatable bonds is 5. The fraction of sp³-hybridized carbons (Fsp3) is 0.364. The summed E-state index contributed by atoms with van der Waals surface area (Å²) in [5.41, 5.74) is 0.213. The summed E-state index contributed by atoms with van der Waals surface area (Å²) in [7, 11) is 1.27. The molecule has 6 nitrogen and oxygen atoms in total. The summed E-state index contributed by atoms with van der Waals surface area (Å²) >= 11 is 5.73. The molecule has 98 valence electrons. The molecule has 0 amide bonds. The van der Waals surface area contributed by atoms with Crippen LogP contribution in [-0.2, 0) is 9.53 Å². The highest BCUT2D eigenvalue weighted by atomic mass is 35.5. The molecule has 7 heteroatoms. The molecule has 0 saturated carbocycles. The third-order valence-electron chi connectivity index (χ3n) is 2.40. The van der Waals surface area contributed by atoms with Gasteiger partial charge in [0, 0.05) is 17.6 Å². The predicted octanol–water partition coefficient (Wildman–Crippen LogP) is 2.25. The molecule has 1 aromatic rings. The number of anilines is 1. The van der Waals surface area contributed by atoms with Crippen LogP contribution in [0.1, 0.15) is 6.92 Å². The molecule has 0 radical (unpaired) electrons. The first kappa shape index (κ1) is 14.2. The van der Waals surface area contributed by atoms with E-state index in [2.05, 4.69) is 4.74 Å². The van der Waals surface area contributed by atoms with Crippen molar-refractivity contribution in [3.8, 4) is 0 Å². The molecule has 0 fully saturated rings. The van der Waals surface area contributed by atoms with Gasteiger partial charge in [0.2, 0.25) is 0 Å². The smallest absolute Gasteiger partial charge is 0.325 e. The zero-order valence-corrected chi connectivity index (χ0v) is 10.8. The summed E-state index contributed by atoms with van der Waals surface area (Å²) in [4.78, 5) is 23.2. The Labute approximate surface area is 109 Å². The Morgan fingerprint density at radius 1 is 1.56 bits per heavy atom. The van der Waals surface area contributed by atoms with Crippen LogP contribution >= 0.6 is 11.6 Å². The standard InChI is InChI=1S/C11H13ClN2O4/c1-3-13(7-11(15)18-2)9-5-4-8(12)6-10(9)14(16)17/h4-6H,3,7H2,1-2H3. The number of nitrogens with zero attached hydrogens (tertiary/aromatic N) is 2. The summed E-state index contributed by atoms with van der Waals surface area (Å²) in [5, 5.41) is 11.2. The van der Waals surface area contributed by atoms with E-state index in [0.29, 0.717) is 12.2 Å². The van der Waals surface area contributed by atoms with Gasteiger partial charge in [-0.3, -0.25) is 14.9 Å². The lowest BCUT2D eigenvalue weighted by Crippen LogP contribution is -2.30. The van der Waals surface area contributed by atoms with Crippen LogP contribution in [0.4, 0.5) is 11.4 Å². The molecular weight excluding hydrogens is 260 g/mol. The summed E-state index contributed by atoms with van der Waals surface area (Å²) < 4.78 is 4.55. The van der Waals surface area contributed by atoms with E-state index in [9.17, 15) is 14.9 Å². The van der Waals surface area contributed by atoms with Crippen LogP contribution in [0.3, 0.4) is 0 Å². The highest BCUT2D eigenvalue weighted by Crippen LogP contribution is 2.30. The molecule has 0 spiro atoms. The Morgan fingerprint density at radius 2 is 2.22 bits per heavy atom. The Hall–Kier alpha value is -1.82. The first-order valence-corrected chi connectivity index (χ1v) is 5.63. The van der Waals surface area contributed by atoms with Crippen molar-refractivity contribution in [1.82, 2.24) is 0 Å². The van der Waals surface area contributed by atoms with Crippen molar-refractivity contribution < 1.29 is 14.5 Å². The molecule has 0 heterocycles. The van der Waals surface area contributed by atoms with Crippen LogP contribution < -0.4 is 4.90 Å². The number of esters is 1. The van der Waals surface area contributed by atoms with Crippen LogP contribution in [0.2, 0.25) is 5.02 Å². The van der Waals surface area contributed by atoms with E-state index in [1.807, 2.05) is 0 Å². The minimum absolute atomic E-state index is 0.0462. The third kappa shape index (κ3) is 3.33. The van der Waals surface area contributed by atoms with Crippen molar-refractivity contribution >= 4 is 28.9 Å². The molecule has 0 atom stereocenters. The summed E-state index contributed by atoms with van der Waals surface area (Å²) in [5.74, 6) is -0.457. The fourth-order valence-electron chi connectivity index (χ4n) is 1.50. The second-order valence-electron chi connectivity index (χ2n) is 3.48. The monoisotopic (exact) mass is 272 g/mol. The lowest BCUT2D eigenvalue weighted by molar-refractivity contribution is -0.384. The van der Waals surface area contributed by atoms with Gasteiger partial charge in [0.25, 0.3) is 5.69 Å². The maximum absolute atomic E-state index is 11.2. The Morgan fingerprint density at radius 3 is 2.72 bits per heavy atom. The fourth-order valence-corrected chi connectivity index (χ4v) is 1.66. The molecule has 0 aliphatic heterocycles. The normalized spacial score (nSPS) is 9.94. The van der Waals surface area contributed by atoms with Crippen LogP contribution in [-0.4, -0.2) is 31.1 Å². The molecule has 0 aromatic heterocycles. The molecule has 0 aliphatic carbocycles. The molecule has 0 unspecified atom stereocenters. The van der Waals surface area contributed by atoms with Gasteiger partial charge in [-0.1, -0.05) is 11.6 Å². The molecule has 0 saturated heterocycles. The Kier molecular flexibility index (Phi) is 4.91. The average Bonchev–Trinajstić information content (AvgIpc) is 2.35. The first-order valence-electron chi connectivity index (χ1n) is 5.25. The second-order valence-corrected chi connectivity index (χ2v) is 3.92. The van der Waals surface area contributed by atoms with E-state index in [-0.39, 0.29) is 17.3 Å². The van der Waals surface area contributed by atoms with Crippen molar-refractivity contribution in [2.45, 2.75) is 6.92 Å². The van der Waals surface area contributed by atoms with Gasteiger partial charge in [-0.05, 0) is 19.1 Å². The number of methoxy groups -OCH3 is 1. The molecule has 18 heavy (non-hydrogen) atoms. The second kappa shape index (κ2) is 6.20. The van der Waals surface area contributed by atoms with E-state index in [0.717, 1.165) is 0 Å². The number of nitro benzene ring substituents is 1. The highest BCUT2D eigenvalue weighted by molar-refractivity contribution is 6.30. The largest absolute Gasteiger partial charge is 0.468 e. The summed E-state index contributed by atoms with van der Waals surface area (Å²) in [6.07, 6.45) is 0. The first-order chi connectivity index (χ1) is 8.49. The number of likely N-dealkylation sites (N-methyl/N-ethyl adjacent to an activating group) is 1. The SMILES string of the molecule is CCN(CC(=O)OC)c1ccc(Cl)cc1[N+](=O)[O-]. The van der Waals surface area contributed by atoms with E-state index in [1.165, 1.54) is 19.2 Å². The van der Waals surface area contributed by atoms with Gasteiger partial charge in [-0.2, -0.15) is 0 Å². The molecule has 1 rings (SSSR count). The number of benzene rings is 1. The van der Waals surface area contributed by atoms with Crippen LogP contribution in [0.25, 0.3) is 0 Å². The number of ether oxygens (including phenoxy) is 1. The van der Waals surface area contributed by atoms with Gasteiger partial charge in [-0.25, -0.2) is 0 Å². The number of carbonyl (C=O) groups is 1. The van der Waals surface area contributed by atoms with Gasteiger partial charge in [0.15, 0.2) is 0 Å². The minimum Gasteiger partial charge on any atom is -0.468 e. The molecule has 0 bridgehead atoms. The predicted molar refractivity (Wildman–Crippen MR) is 68.0 cm³/mol. The molecular formula is C11H13ClN2O4. The lowest BCUT2D eigenvalue weighted by Gasteiger charge is -2.21. The van der Waals surface area contributed by atoms with Crippen molar-refractivity contribution in [2.24, 2.45) is 0 Å². The zero-order chi connectivity index (χ0) is 13.7. The quantitative estimate of drug-likeness (QED) is 0.467. The average molecular weight is 273 g/mol. The lowest BCUT2D eigenvalue weighted by atomic mass is 10.2. The van der Waals surface area contributed by atoms with Crippen LogP contribution in [0.5, 0.6) is 0 Å².